The predicted octanol–water partition coefficient (Wildman–Crippen LogP) is 2.56. The number of nitrogen functional groups attached to an aromatic ring is 1. The predicted molar refractivity (Wildman–Crippen MR) is 73.3 cm³/mol. The van der Waals surface area contributed by atoms with Crippen molar-refractivity contribution >= 4 is 11.7 Å². The van der Waals surface area contributed by atoms with Crippen molar-refractivity contribution in [3.05, 3.63) is 58.9 Å². The molecule has 0 aromatic heterocycles. The van der Waals surface area contributed by atoms with E-state index >= 15 is 0 Å². The molecule has 0 aliphatic rings. The summed E-state index contributed by atoms with van der Waals surface area (Å²) in [4.78, 5) is 11.1. The number of ether oxygens (including phenoxy) is 1. The number of anilines is 1. The first-order chi connectivity index (χ1) is 10.0. The molecule has 0 unspecified atom stereocenters. The molecular weight excluding hydrogens is 275 g/mol. The van der Waals surface area contributed by atoms with Crippen molar-refractivity contribution in [1.29, 1.82) is 5.26 Å². The van der Waals surface area contributed by atoms with Crippen molar-refractivity contribution in [2.45, 2.75) is 6.61 Å². The monoisotopic (exact) mass is 286 g/mol. The molecule has 0 fully saturated rings. The van der Waals surface area contributed by atoms with Crippen LogP contribution in [0.15, 0.2) is 36.4 Å². The summed E-state index contributed by atoms with van der Waals surface area (Å²) in [5, 5.41) is 18.0. The number of nitriles is 1. The van der Waals surface area contributed by atoms with Crippen LogP contribution in [-0.2, 0) is 6.61 Å². The summed E-state index contributed by atoms with van der Waals surface area (Å²) < 4.78 is 18.6. The van der Waals surface area contributed by atoms with Gasteiger partial charge in [-0.05, 0) is 30.3 Å². The van der Waals surface area contributed by atoms with Gasteiger partial charge in [0.25, 0.3) is 0 Å². The minimum atomic E-state index is -1.16. The number of nitrogens with two attached hydrogens (primary N) is 1. The van der Waals surface area contributed by atoms with Crippen LogP contribution in [0.25, 0.3) is 0 Å². The number of carbonyl (C=O) groups is 1. The summed E-state index contributed by atoms with van der Waals surface area (Å²) in [6, 6.07) is 9.74. The molecule has 2 rings (SSSR count). The van der Waals surface area contributed by atoms with Gasteiger partial charge in [0.1, 0.15) is 23.7 Å². The number of carboxylic acids is 1. The SMILES string of the molecule is N#Cc1ccc(F)cc1COc1cc(N)ccc1C(=O)O. The molecule has 0 spiro atoms. The van der Waals surface area contributed by atoms with E-state index < -0.39 is 11.8 Å². The van der Waals surface area contributed by atoms with E-state index in [1.165, 1.54) is 36.4 Å². The molecular formula is C15H11FN2O3. The Morgan fingerprint density at radius 1 is 1.33 bits per heavy atom. The number of benzene rings is 2. The van der Waals surface area contributed by atoms with Crippen LogP contribution in [0.4, 0.5) is 10.1 Å². The molecule has 0 heterocycles. The highest BCUT2D eigenvalue weighted by Gasteiger charge is 2.13. The van der Waals surface area contributed by atoms with Gasteiger partial charge in [-0.25, -0.2) is 9.18 Å². The van der Waals surface area contributed by atoms with Crippen LogP contribution in [0.1, 0.15) is 21.5 Å². The number of rotatable bonds is 4. The zero-order valence-electron chi connectivity index (χ0n) is 10.8. The van der Waals surface area contributed by atoms with Gasteiger partial charge in [-0.15, -0.1) is 0 Å². The molecule has 0 aliphatic heterocycles. The third-order valence-corrected chi connectivity index (χ3v) is 2.81. The first-order valence-corrected chi connectivity index (χ1v) is 5.95. The Kier molecular flexibility index (Phi) is 4.05. The summed E-state index contributed by atoms with van der Waals surface area (Å²) >= 11 is 0. The van der Waals surface area contributed by atoms with Crippen molar-refractivity contribution in [3.63, 3.8) is 0 Å². The average Bonchev–Trinajstić information content (AvgIpc) is 2.45. The summed E-state index contributed by atoms with van der Waals surface area (Å²) in [6.45, 7) is -0.135. The van der Waals surface area contributed by atoms with E-state index in [0.717, 1.165) is 0 Å². The van der Waals surface area contributed by atoms with Crippen molar-refractivity contribution in [3.8, 4) is 11.8 Å². The molecule has 21 heavy (non-hydrogen) atoms. The van der Waals surface area contributed by atoms with Gasteiger partial charge in [0.15, 0.2) is 0 Å². The minimum absolute atomic E-state index is 0.0564. The lowest BCUT2D eigenvalue weighted by atomic mass is 10.1. The molecule has 5 nitrogen and oxygen atoms in total. The molecule has 0 amide bonds. The quantitative estimate of drug-likeness (QED) is 0.842. The van der Waals surface area contributed by atoms with Gasteiger partial charge in [-0.2, -0.15) is 5.26 Å². The lowest BCUT2D eigenvalue weighted by Crippen LogP contribution is -2.05. The molecule has 0 saturated heterocycles. The van der Waals surface area contributed by atoms with Crippen LogP contribution in [0.5, 0.6) is 5.75 Å². The highest BCUT2D eigenvalue weighted by atomic mass is 19.1. The van der Waals surface area contributed by atoms with E-state index in [0.29, 0.717) is 11.3 Å². The minimum Gasteiger partial charge on any atom is -0.488 e. The van der Waals surface area contributed by atoms with Gasteiger partial charge in [-0.3, -0.25) is 0 Å². The van der Waals surface area contributed by atoms with E-state index in [9.17, 15) is 9.18 Å². The van der Waals surface area contributed by atoms with Crippen LogP contribution in [-0.4, -0.2) is 11.1 Å². The Balaban J connectivity index is 2.29. The second kappa shape index (κ2) is 5.92. The number of halogens is 1. The summed E-state index contributed by atoms with van der Waals surface area (Å²) in [5.74, 6) is -1.60. The van der Waals surface area contributed by atoms with Crippen LogP contribution >= 0.6 is 0 Å². The zero-order valence-corrected chi connectivity index (χ0v) is 10.8. The standard InChI is InChI=1S/C15H11FN2O3/c16-11-2-1-9(7-17)10(5-11)8-21-14-6-12(18)3-4-13(14)15(19)20/h1-6H,8,18H2,(H,19,20). The van der Waals surface area contributed by atoms with Gasteiger partial charge in [-0.1, -0.05) is 0 Å². The summed E-state index contributed by atoms with van der Waals surface area (Å²) in [5.41, 5.74) is 6.47. The molecule has 2 aromatic carbocycles. The highest BCUT2D eigenvalue weighted by Crippen LogP contribution is 2.23. The lowest BCUT2D eigenvalue weighted by molar-refractivity contribution is 0.0692. The second-order valence-corrected chi connectivity index (χ2v) is 4.26. The second-order valence-electron chi connectivity index (χ2n) is 4.26. The van der Waals surface area contributed by atoms with Crippen LogP contribution in [0.3, 0.4) is 0 Å². The smallest absolute Gasteiger partial charge is 0.339 e. The Morgan fingerprint density at radius 2 is 2.10 bits per heavy atom. The Hall–Kier alpha value is -3.07. The van der Waals surface area contributed by atoms with E-state index in [1.54, 1.807) is 0 Å². The maximum Gasteiger partial charge on any atom is 0.339 e. The van der Waals surface area contributed by atoms with E-state index in [2.05, 4.69) is 0 Å². The Labute approximate surface area is 120 Å². The fourth-order valence-electron chi connectivity index (χ4n) is 1.78. The first kappa shape index (κ1) is 14.3. The largest absolute Gasteiger partial charge is 0.488 e. The van der Waals surface area contributed by atoms with Gasteiger partial charge in [0.2, 0.25) is 0 Å². The van der Waals surface area contributed by atoms with Gasteiger partial charge in [0, 0.05) is 17.3 Å². The van der Waals surface area contributed by atoms with Crippen LogP contribution in [0.2, 0.25) is 0 Å². The number of carboxylic acid groups (broad SMARTS) is 1. The van der Waals surface area contributed by atoms with Crippen molar-refractivity contribution in [2.24, 2.45) is 0 Å². The van der Waals surface area contributed by atoms with Gasteiger partial charge < -0.3 is 15.6 Å². The number of nitrogens with zero attached hydrogens (tertiary/aromatic N) is 1. The molecule has 0 radical (unpaired) electrons. The fourth-order valence-corrected chi connectivity index (χ4v) is 1.78. The maximum absolute atomic E-state index is 13.2. The molecule has 2 aromatic rings. The third-order valence-electron chi connectivity index (χ3n) is 2.81. The van der Waals surface area contributed by atoms with E-state index in [-0.39, 0.29) is 23.5 Å². The van der Waals surface area contributed by atoms with Crippen LogP contribution in [0, 0.1) is 17.1 Å². The number of aromatic carboxylic acids is 1. The van der Waals surface area contributed by atoms with Crippen molar-refractivity contribution in [1.82, 2.24) is 0 Å². The lowest BCUT2D eigenvalue weighted by Gasteiger charge is -2.11. The molecule has 106 valence electrons. The number of hydrogen-bond donors (Lipinski definition) is 2. The van der Waals surface area contributed by atoms with Crippen LogP contribution < -0.4 is 10.5 Å². The molecule has 0 saturated carbocycles. The van der Waals surface area contributed by atoms with Crippen molar-refractivity contribution < 1.29 is 19.0 Å². The normalized spacial score (nSPS) is 9.90. The molecule has 6 heteroatoms. The molecule has 3 N–H and O–H groups in total. The highest BCUT2D eigenvalue weighted by molar-refractivity contribution is 5.91. The average molecular weight is 286 g/mol. The Bertz CT molecular complexity index is 738. The Morgan fingerprint density at radius 3 is 2.76 bits per heavy atom. The fraction of sp³-hybridized carbons (Fsp3) is 0.0667. The molecule has 0 aliphatic carbocycles. The third kappa shape index (κ3) is 3.28. The summed E-state index contributed by atoms with van der Waals surface area (Å²) in [7, 11) is 0. The topological polar surface area (TPSA) is 96.3 Å². The zero-order chi connectivity index (χ0) is 15.4. The number of hydrogen-bond acceptors (Lipinski definition) is 4. The van der Waals surface area contributed by atoms with Gasteiger partial charge in [0.05, 0.1) is 11.6 Å². The first-order valence-electron chi connectivity index (χ1n) is 5.95. The van der Waals surface area contributed by atoms with Gasteiger partial charge >= 0.3 is 5.97 Å². The van der Waals surface area contributed by atoms with E-state index in [1.807, 2.05) is 6.07 Å². The maximum atomic E-state index is 13.2. The molecule has 0 bridgehead atoms. The molecule has 0 atom stereocenters. The van der Waals surface area contributed by atoms with Crippen molar-refractivity contribution in [2.75, 3.05) is 5.73 Å². The summed E-state index contributed by atoms with van der Waals surface area (Å²) in [6.07, 6.45) is 0. The van der Waals surface area contributed by atoms with E-state index in [4.69, 9.17) is 20.8 Å².